The Morgan fingerprint density at radius 2 is 2.00 bits per heavy atom. The molecule has 24 heavy (non-hydrogen) atoms. The number of rotatable bonds is 4. The molecule has 0 atom stereocenters. The molecule has 0 aliphatic heterocycles. The van der Waals surface area contributed by atoms with Gasteiger partial charge >= 0.3 is 0 Å². The Morgan fingerprint density at radius 3 is 2.54 bits per heavy atom. The first-order valence-electron chi connectivity index (χ1n) is 7.39. The molecule has 0 spiro atoms. The highest BCUT2D eigenvalue weighted by molar-refractivity contribution is 5.94. The van der Waals surface area contributed by atoms with E-state index in [9.17, 15) is 9.59 Å². The number of hydrogen-bond donors (Lipinski definition) is 2. The van der Waals surface area contributed by atoms with Gasteiger partial charge in [-0.2, -0.15) is 0 Å². The summed E-state index contributed by atoms with van der Waals surface area (Å²) < 4.78 is 1.63. The van der Waals surface area contributed by atoms with E-state index in [1.165, 1.54) is 0 Å². The molecule has 1 rings (SSSR count). The summed E-state index contributed by atoms with van der Waals surface area (Å²) in [7, 11) is 3.29. The van der Waals surface area contributed by atoms with Crippen LogP contribution in [-0.2, 0) is 11.8 Å². The van der Waals surface area contributed by atoms with Crippen molar-refractivity contribution in [1.29, 1.82) is 0 Å². The number of imidazole rings is 1. The Kier molecular flexibility index (Phi) is 6.75. The molecule has 0 saturated carbocycles. The van der Waals surface area contributed by atoms with Crippen molar-refractivity contribution in [3.63, 3.8) is 0 Å². The smallest absolute Gasteiger partial charge is 0.287 e. The minimum Gasteiger partial charge on any atom is -0.366 e. The van der Waals surface area contributed by atoms with Crippen molar-refractivity contribution in [2.75, 3.05) is 7.05 Å². The molecule has 126 valence electrons. The third kappa shape index (κ3) is 4.71. The highest BCUT2D eigenvalue weighted by Crippen LogP contribution is 2.08. The number of nitrogens with two attached hydrogens (primary N) is 1. The van der Waals surface area contributed by atoms with E-state index in [0.29, 0.717) is 17.1 Å². The summed E-state index contributed by atoms with van der Waals surface area (Å²) in [6, 6.07) is 0. The van der Waals surface area contributed by atoms with Crippen LogP contribution in [0.25, 0.3) is 0 Å². The zero-order valence-corrected chi connectivity index (χ0v) is 14.6. The quantitative estimate of drug-likeness (QED) is 0.498. The largest absolute Gasteiger partial charge is 0.366 e. The molecule has 6 nitrogen and oxygen atoms in total. The molecule has 0 saturated heterocycles. The van der Waals surface area contributed by atoms with E-state index in [0.717, 1.165) is 11.1 Å². The molecular weight excluding hydrogens is 304 g/mol. The first-order valence-corrected chi connectivity index (χ1v) is 7.39. The number of carbonyl (C=O) groups is 2. The molecule has 1 aromatic heterocycles. The van der Waals surface area contributed by atoms with Crippen molar-refractivity contribution in [2.45, 2.75) is 20.8 Å². The zero-order valence-electron chi connectivity index (χ0n) is 14.6. The summed E-state index contributed by atoms with van der Waals surface area (Å²) >= 11 is 0. The van der Waals surface area contributed by atoms with Gasteiger partial charge in [-0.25, -0.2) is 4.98 Å². The van der Waals surface area contributed by atoms with Crippen LogP contribution < -0.4 is 11.1 Å². The Labute approximate surface area is 142 Å². The molecule has 0 fully saturated rings. The van der Waals surface area contributed by atoms with E-state index >= 15 is 0 Å². The van der Waals surface area contributed by atoms with Crippen LogP contribution in [0, 0.1) is 11.8 Å². The van der Waals surface area contributed by atoms with Crippen molar-refractivity contribution in [2.24, 2.45) is 12.8 Å². The van der Waals surface area contributed by atoms with E-state index in [1.54, 1.807) is 50.0 Å². The average Bonchev–Trinajstić information content (AvgIpc) is 2.92. The second-order valence-electron chi connectivity index (χ2n) is 5.10. The summed E-state index contributed by atoms with van der Waals surface area (Å²) in [5, 5.41) is 2.53. The molecule has 1 aromatic rings. The van der Waals surface area contributed by atoms with Crippen molar-refractivity contribution < 1.29 is 9.59 Å². The molecule has 0 unspecified atom stereocenters. The Hall–Kier alpha value is -3.07. The highest BCUT2D eigenvalue weighted by Gasteiger charge is 2.11. The van der Waals surface area contributed by atoms with Crippen LogP contribution in [0.5, 0.6) is 0 Å². The lowest BCUT2D eigenvalue weighted by molar-refractivity contribution is -0.114. The van der Waals surface area contributed by atoms with Crippen molar-refractivity contribution >= 4 is 11.8 Å². The maximum absolute atomic E-state index is 11.6. The van der Waals surface area contributed by atoms with Crippen LogP contribution in [0.3, 0.4) is 0 Å². The molecule has 0 bridgehead atoms. The molecule has 0 aliphatic carbocycles. The molecule has 0 aliphatic rings. The Morgan fingerprint density at radius 1 is 1.33 bits per heavy atom. The maximum Gasteiger partial charge on any atom is 0.287 e. The van der Waals surface area contributed by atoms with Gasteiger partial charge in [0, 0.05) is 25.2 Å². The minimum absolute atomic E-state index is 0.262. The lowest BCUT2D eigenvalue weighted by Crippen LogP contribution is -2.22. The lowest BCUT2D eigenvalue weighted by atomic mass is 10.1. The average molecular weight is 326 g/mol. The normalized spacial score (nSPS) is 12.5. The van der Waals surface area contributed by atoms with Crippen LogP contribution in [0.15, 0.2) is 41.1 Å². The SMILES string of the molecule is C\C=C(/C=C\C(C)=C(/C)C#Cc1cnc(C(=O)NC)n1C)C(N)=O. The lowest BCUT2D eigenvalue weighted by Gasteiger charge is -2.00. The van der Waals surface area contributed by atoms with Gasteiger partial charge in [-0.05, 0) is 38.3 Å². The number of hydrogen-bond acceptors (Lipinski definition) is 3. The summed E-state index contributed by atoms with van der Waals surface area (Å²) in [5.41, 5.74) is 8.09. The van der Waals surface area contributed by atoms with Gasteiger partial charge in [-0.15, -0.1) is 0 Å². The van der Waals surface area contributed by atoms with Gasteiger partial charge in [-0.1, -0.05) is 18.1 Å². The van der Waals surface area contributed by atoms with Gasteiger partial charge in [-0.3, -0.25) is 9.59 Å². The Balaban J connectivity index is 3.04. The predicted octanol–water partition coefficient (Wildman–Crippen LogP) is 1.46. The first kappa shape index (κ1) is 19.0. The van der Waals surface area contributed by atoms with Crippen LogP contribution in [0.4, 0.5) is 0 Å². The van der Waals surface area contributed by atoms with Gasteiger partial charge in [0.2, 0.25) is 5.91 Å². The van der Waals surface area contributed by atoms with Gasteiger partial charge < -0.3 is 15.6 Å². The molecular formula is C18H22N4O2. The zero-order chi connectivity index (χ0) is 18.3. The van der Waals surface area contributed by atoms with E-state index < -0.39 is 5.91 Å². The number of nitrogens with zero attached hydrogens (tertiary/aromatic N) is 2. The third-order valence-corrected chi connectivity index (χ3v) is 3.50. The van der Waals surface area contributed by atoms with Gasteiger partial charge in [0.05, 0.1) is 6.20 Å². The Bertz CT molecular complexity index is 799. The second-order valence-corrected chi connectivity index (χ2v) is 5.10. The number of aromatic nitrogens is 2. The van der Waals surface area contributed by atoms with Crippen molar-refractivity contribution in [3.8, 4) is 11.8 Å². The molecule has 6 heteroatoms. The van der Waals surface area contributed by atoms with E-state index in [1.807, 2.05) is 13.8 Å². The fourth-order valence-corrected chi connectivity index (χ4v) is 1.77. The fraction of sp³-hybridized carbons (Fsp3) is 0.278. The summed E-state index contributed by atoms with van der Waals surface area (Å²) in [4.78, 5) is 26.8. The number of amides is 2. The minimum atomic E-state index is -0.470. The van der Waals surface area contributed by atoms with Crippen LogP contribution >= 0.6 is 0 Å². The summed E-state index contributed by atoms with van der Waals surface area (Å²) in [5.74, 6) is 5.59. The molecule has 0 radical (unpaired) electrons. The highest BCUT2D eigenvalue weighted by atomic mass is 16.2. The molecule has 2 amide bonds. The van der Waals surface area contributed by atoms with Crippen LogP contribution in [-0.4, -0.2) is 28.4 Å². The maximum atomic E-state index is 11.6. The summed E-state index contributed by atoms with van der Waals surface area (Å²) in [6.07, 6.45) is 6.67. The molecule has 0 aromatic carbocycles. The third-order valence-electron chi connectivity index (χ3n) is 3.50. The van der Waals surface area contributed by atoms with E-state index in [4.69, 9.17) is 5.73 Å². The first-order chi connectivity index (χ1) is 11.3. The van der Waals surface area contributed by atoms with Crippen molar-refractivity contribution in [1.82, 2.24) is 14.9 Å². The fourth-order valence-electron chi connectivity index (χ4n) is 1.77. The van der Waals surface area contributed by atoms with Crippen LogP contribution in [0.1, 0.15) is 37.1 Å². The second kappa shape index (κ2) is 8.53. The molecule has 1 heterocycles. The topological polar surface area (TPSA) is 90.0 Å². The number of allylic oxidation sites excluding steroid dienone is 4. The monoisotopic (exact) mass is 326 g/mol. The van der Waals surface area contributed by atoms with Gasteiger partial charge in [0.25, 0.3) is 5.91 Å². The van der Waals surface area contributed by atoms with Gasteiger partial charge in [0.1, 0.15) is 5.69 Å². The summed E-state index contributed by atoms with van der Waals surface area (Å²) in [6.45, 7) is 5.53. The van der Waals surface area contributed by atoms with Crippen molar-refractivity contribution in [3.05, 3.63) is 52.7 Å². The number of primary amides is 1. The standard InChI is InChI=1S/C18H22N4O2/c1-6-14(16(19)23)9-7-12(2)13(3)8-10-15-11-21-17(22(15)5)18(24)20-4/h6-7,9,11H,1-5H3,(H2,19,23)(H,20,24)/b9-7-,13-12+,14-6+. The number of nitrogens with one attached hydrogen (secondary N) is 1. The van der Waals surface area contributed by atoms with E-state index in [2.05, 4.69) is 22.1 Å². The van der Waals surface area contributed by atoms with Crippen LogP contribution in [0.2, 0.25) is 0 Å². The van der Waals surface area contributed by atoms with Gasteiger partial charge in [0.15, 0.2) is 5.82 Å². The van der Waals surface area contributed by atoms with E-state index in [-0.39, 0.29) is 5.91 Å². The number of carbonyl (C=O) groups excluding carboxylic acids is 2. The molecule has 3 N–H and O–H groups in total. The predicted molar refractivity (Wildman–Crippen MR) is 93.9 cm³/mol.